The fourth-order valence-corrected chi connectivity index (χ4v) is 2.11. The van der Waals surface area contributed by atoms with Gasteiger partial charge in [-0.1, -0.05) is 0 Å². The number of hydrogen-bond acceptors (Lipinski definition) is 5. The van der Waals surface area contributed by atoms with Gasteiger partial charge in [-0.3, -0.25) is 9.20 Å². The Morgan fingerprint density at radius 2 is 2.00 bits per heavy atom. The van der Waals surface area contributed by atoms with Crippen molar-refractivity contribution in [3.8, 4) is 5.88 Å². The fraction of sp³-hybridized carbons (Fsp3) is 0.286. The second-order valence-corrected chi connectivity index (χ2v) is 5.10. The maximum absolute atomic E-state index is 12.1. The number of ether oxygens (including phenoxy) is 1. The first-order valence-corrected chi connectivity index (χ1v) is 6.89. The highest BCUT2D eigenvalue weighted by Crippen LogP contribution is 2.16. The molecule has 3 aromatic heterocycles. The van der Waals surface area contributed by atoms with Gasteiger partial charge in [0.05, 0.1) is 12.2 Å². The fourth-order valence-electron chi connectivity index (χ4n) is 2.11. The second-order valence-electron chi connectivity index (χ2n) is 5.10. The van der Waals surface area contributed by atoms with Crippen LogP contribution >= 0.6 is 0 Å². The van der Waals surface area contributed by atoms with Gasteiger partial charge in [-0.2, -0.15) is 13.2 Å². The minimum Gasteiger partial charge on any atom is -0.467 e. The van der Waals surface area contributed by atoms with Crippen molar-refractivity contribution in [1.29, 1.82) is 0 Å². The van der Waals surface area contributed by atoms with E-state index >= 15 is 0 Å². The Morgan fingerprint density at radius 3 is 2.67 bits per heavy atom. The predicted octanol–water partition coefficient (Wildman–Crippen LogP) is 1.58. The second kappa shape index (κ2) is 5.95. The molecule has 0 atom stereocenters. The summed E-state index contributed by atoms with van der Waals surface area (Å²) in [5, 5.41) is 7.43. The van der Waals surface area contributed by atoms with E-state index in [1.165, 1.54) is 22.6 Å². The summed E-state index contributed by atoms with van der Waals surface area (Å²) in [6.45, 7) is 0.555. The van der Waals surface area contributed by atoms with Crippen molar-refractivity contribution in [3.63, 3.8) is 0 Å². The van der Waals surface area contributed by atoms with Gasteiger partial charge < -0.3 is 9.30 Å². The van der Waals surface area contributed by atoms with Crippen molar-refractivity contribution in [2.75, 3.05) is 6.61 Å². The summed E-state index contributed by atoms with van der Waals surface area (Å²) in [5.41, 5.74) is 0.878. The number of nitrogens with zero attached hydrogens (tertiary/aromatic N) is 5. The molecule has 0 aliphatic heterocycles. The monoisotopic (exact) mass is 339 g/mol. The van der Waals surface area contributed by atoms with Gasteiger partial charge in [0.2, 0.25) is 11.7 Å². The third-order valence-corrected chi connectivity index (χ3v) is 3.13. The number of hydrogen-bond donors (Lipinski definition) is 0. The molecule has 0 aliphatic rings. The molecule has 0 radical (unpaired) electrons. The van der Waals surface area contributed by atoms with Gasteiger partial charge in [0.25, 0.3) is 5.56 Å². The molecule has 3 aromatic rings. The zero-order chi connectivity index (χ0) is 17.3. The zero-order valence-electron chi connectivity index (χ0n) is 12.5. The summed E-state index contributed by atoms with van der Waals surface area (Å²) in [4.78, 5) is 16.1. The Labute approximate surface area is 133 Å². The standard InChI is InChI=1S/C14H12F3N5O2/c1-9-6-12(23)22-5-4-21(13(22)18-9)7-10-2-3-11(20-19-10)24-8-14(15,16)17/h2-6H,7-8H2,1H3. The molecule has 126 valence electrons. The third-order valence-electron chi connectivity index (χ3n) is 3.13. The van der Waals surface area contributed by atoms with Crippen LogP contribution in [0.4, 0.5) is 13.2 Å². The molecule has 7 nitrogen and oxygen atoms in total. The van der Waals surface area contributed by atoms with E-state index in [0.29, 0.717) is 17.2 Å². The van der Waals surface area contributed by atoms with Gasteiger partial charge in [-0.25, -0.2) is 4.98 Å². The van der Waals surface area contributed by atoms with Crippen LogP contribution in [-0.4, -0.2) is 36.9 Å². The summed E-state index contributed by atoms with van der Waals surface area (Å²) >= 11 is 0. The van der Waals surface area contributed by atoms with Gasteiger partial charge in [-0.15, -0.1) is 10.2 Å². The number of rotatable bonds is 4. The van der Waals surface area contributed by atoms with Gasteiger partial charge in [0, 0.05) is 30.2 Å². The Hall–Kier alpha value is -2.91. The largest absolute Gasteiger partial charge is 0.467 e. The Kier molecular flexibility index (Phi) is 3.96. The highest BCUT2D eigenvalue weighted by Gasteiger charge is 2.28. The lowest BCUT2D eigenvalue weighted by Crippen LogP contribution is -2.20. The summed E-state index contributed by atoms with van der Waals surface area (Å²) in [6, 6.07) is 4.23. The van der Waals surface area contributed by atoms with Crippen molar-refractivity contribution >= 4 is 5.78 Å². The molecule has 0 unspecified atom stereocenters. The molecule has 0 aliphatic carbocycles. The van der Waals surface area contributed by atoms with Crippen molar-refractivity contribution in [2.45, 2.75) is 19.6 Å². The lowest BCUT2D eigenvalue weighted by atomic mass is 10.4. The van der Waals surface area contributed by atoms with E-state index in [0.717, 1.165) is 0 Å². The molecule has 0 aromatic carbocycles. The number of imidazole rings is 1. The topological polar surface area (TPSA) is 74.3 Å². The quantitative estimate of drug-likeness (QED) is 0.722. The molecule has 0 saturated carbocycles. The molecular formula is C14H12F3N5O2. The highest BCUT2D eigenvalue weighted by atomic mass is 19.4. The van der Waals surface area contributed by atoms with Crippen molar-refractivity contribution in [2.24, 2.45) is 0 Å². The normalized spacial score (nSPS) is 11.8. The molecule has 24 heavy (non-hydrogen) atoms. The molecule has 0 saturated heterocycles. The van der Waals surface area contributed by atoms with Crippen LogP contribution < -0.4 is 10.3 Å². The average molecular weight is 339 g/mol. The van der Waals surface area contributed by atoms with Crippen LogP contribution in [0.3, 0.4) is 0 Å². The number of aromatic nitrogens is 5. The van der Waals surface area contributed by atoms with Crippen LogP contribution in [0.5, 0.6) is 5.88 Å². The van der Waals surface area contributed by atoms with Crippen molar-refractivity contribution < 1.29 is 17.9 Å². The molecule has 0 fully saturated rings. The first kappa shape index (κ1) is 16.0. The van der Waals surface area contributed by atoms with E-state index in [2.05, 4.69) is 19.9 Å². The third kappa shape index (κ3) is 3.53. The van der Waals surface area contributed by atoms with Crippen LogP contribution in [0.15, 0.2) is 35.4 Å². The Morgan fingerprint density at radius 1 is 1.21 bits per heavy atom. The lowest BCUT2D eigenvalue weighted by Gasteiger charge is -2.08. The molecule has 3 heterocycles. The number of aryl methyl sites for hydroxylation is 1. The van der Waals surface area contributed by atoms with Gasteiger partial charge >= 0.3 is 6.18 Å². The lowest BCUT2D eigenvalue weighted by molar-refractivity contribution is -0.154. The first-order valence-electron chi connectivity index (χ1n) is 6.89. The first-order chi connectivity index (χ1) is 11.3. The minimum absolute atomic E-state index is 0.196. The summed E-state index contributed by atoms with van der Waals surface area (Å²) < 4.78 is 43.8. The summed E-state index contributed by atoms with van der Waals surface area (Å²) in [7, 11) is 0. The molecule has 10 heteroatoms. The molecule has 0 spiro atoms. The van der Waals surface area contributed by atoms with E-state index in [4.69, 9.17) is 0 Å². The van der Waals surface area contributed by atoms with Crippen LogP contribution in [0.1, 0.15) is 11.4 Å². The summed E-state index contributed by atoms with van der Waals surface area (Å²) in [5.74, 6) is 0.234. The van der Waals surface area contributed by atoms with E-state index < -0.39 is 12.8 Å². The van der Waals surface area contributed by atoms with E-state index in [-0.39, 0.29) is 18.0 Å². The van der Waals surface area contributed by atoms with Crippen LogP contribution in [-0.2, 0) is 6.54 Å². The van der Waals surface area contributed by atoms with Crippen molar-refractivity contribution in [3.05, 3.63) is 52.3 Å². The zero-order valence-corrected chi connectivity index (χ0v) is 12.5. The Balaban J connectivity index is 1.78. The van der Waals surface area contributed by atoms with Crippen molar-refractivity contribution in [1.82, 2.24) is 24.1 Å². The molecular weight excluding hydrogens is 327 g/mol. The van der Waals surface area contributed by atoms with Crippen LogP contribution in [0, 0.1) is 6.92 Å². The number of fused-ring (bicyclic) bond motifs is 1. The van der Waals surface area contributed by atoms with Gasteiger partial charge in [0.15, 0.2) is 6.61 Å². The van der Waals surface area contributed by atoms with E-state index in [1.807, 2.05) is 0 Å². The SMILES string of the molecule is Cc1cc(=O)n2ccn(Cc3ccc(OCC(F)(F)F)nn3)c2n1. The van der Waals surface area contributed by atoms with Gasteiger partial charge in [-0.05, 0) is 13.0 Å². The summed E-state index contributed by atoms with van der Waals surface area (Å²) in [6.07, 6.45) is -1.18. The molecule has 0 amide bonds. The molecule has 0 bridgehead atoms. The van der Waals surface area contributed by atoms with E-state index in [9.17, 15) is 18.0 Å². The maximum atomic E-state index is 12.1. The predicted molar refractivity (Wildman–Crippen MR) is 76.9 cm³/mol. The number of alkyl halides is 3. The smallest absolute Gasteiger partial charge is 0.422 e. The molecule has 0 N–H and O–H groups in total. The van der Waals surface area contributed by atoms with Crippen LogP contribution in [0.25, 0.3) is 5.78 Å². The highest BCUT2D eigenvalue weighted by molar-refractivity contribution is 5.32. The Bertz CT molecular complexity index is 915. The number of halogens is 3. The average Bonchev–Trinajstić information content (AvgIpc) is 2.89. The maximum Gasteiger partial charge on any atom is 0.422 e. The molecule has 3 rings (SSSR count). The minimum atomic E-state index is -4.43. The van der Waals surface area contributed by atoms with Gasteiger partial charge in [0.1, 0.15) is 0 Å². The van der Waals surface area contributed by atoms with Crippen LogP contribution in [0.2, 0.25) is 0 Å². The van der Waals surface area contributed by atoms with E-state index in [1.54, 1.807) is 23.9 Å².